The Bertz CT molecular complexity index is 549. The van der Waals surface area contributed by atoms with Crippen molar-refractivity contribution in [3.63, 3.8) is 0 Å². The van der Waals surface area contributed by atoms with Gasteiger partial charge < -0.3 is 10.3 Å². The highest BCUT2D eigenvalue weighted by Crippen LogP contribution is 2.19. The van der Waals surface area contributed by atoms with Crippen molar-refractivity contribution in [2.45, 2.75) is 13.5 Å². The Hall–Kier alpha value is -2.34. The normalized spacial score (nSPS) is 10.2. The predicted molar refractivity (Wildman–Crippen MR) is 54.2 cm³/mol. The van der Waals surface area contributed by atoms with E-state index in [2.05, 4.69) is 25.0 Å². The molecule has 0 amide bonds. The minimum Gasteiger partial charge on any atom is -0.382 e. The standard InChI is InChI=1S/C7H8N8/c1-2-15-3-10-6-4(15)5(8)11-7(12-6)13-14-9/h3H,2H2,1H3,(H2,8,11,12). The van der Waals surface area contributed by atoms with Gasteiger partial charge in [0.25, 0.3) is 0 Å². The summed E-state index contributed by atoms with van der Waals surface area (Å²) in [7, 11) is 0. The van der Waals surface area contributed by atoms with Crippen LogP contribution in [0.5, 0.6) is 0 Å². The van der Waals surface area contributed by atoms with Gasteiger partial charge in [0.2, 0.25) is 5.95 Å². The molecule has 76 valence electrons. The summed E-state index contributed by atoms with van der Waals surface area (Å²) in [6.45, 7) is 2.69. The Balaban J connectivity index is 2.74. The van der Waals surface area contributed by atoms with Crippen LogP contribution in [-0.4, -0.2) is 19.5 Å². The smallest absolute Gasteiger partial charge is 0.220 e. The summed E-state index contributed by atoms with van der Waals surface area (Å²) in [6.07, 6.45) is 1.62. The molecule has 0 bridgehead atoms. The van der Waals surface area contributed by atoms with Crippen LogP contribution in [-0.2, 0) is 6.54 Å². The maximum absolute atomic E-state index is 8.25. The van der Waals surface area contributed by atoms with E-state index in [0.717, 1.165) is 6.54 Å². The average Bonchev–Trinajstić information content (AvgIpc) is 2.61. The lowest BCUT2D eigenvalue weighted by Crippen LogP contribution is -1.99. The van der Waals surface area contributed by atoms with E-state index in [1.807, 2.05) is 11.5 Å². The molecule has 0 unspecified atom stereocenters. The van der Waals surface area contributed by atoms with Gasteiger partial charge in [0.05, 0.1) is 6.33 Å². The molecule has 2 heterocycles. The number of hydrogen-bond acceptors (Lipinski definition) is 5. The Morgan fingerprint density at radius 1 is 1.60 bits per heavy atom. The topological polar surface area (TPSA) is 118 Å². The molecule has 0 aliphatic heterocycles. The number of hydrogen-bond donors (Lipinski definition) is 1. The highest BCUT2D eigenvalue weighted by atomic mass is 15.2. The second kappa shape index (κ2) is 3.43. The largest absolute Gasteiger partial charge is 0.382 e. The molecule has 0 fully saturated rings. The minimum absolute atomic E-state index is 0.0103. The van der Waals surface area contributed by atoms with Gasteiger partial charge >= 0.3 is 0 Å². The van der Waals surface area contributed by atoms with Crippen LogP contribution in [0.15, 0.2) is 11.4 Å². The third-order valence-electron chi connectivity index (χ3n) is 1.96. The first kappa shape index (κ1) is 9.22. The lowest BCUT2D eigenvalue weighted by molar-refractivity contribution is 0.786. The van der Waals surface area contributed by atoms with Gasteiger partial charge in [-0.1, -0.05) is 0 Å². The molecule has 0 aliphatic rings. The van der Waals surface area contributed by atoms with Crippen molar-refractivity contribution in [1.29, 1.82) is 0 Å². The quantitative estimate of drug-likeness (QED) is 0.451. The molecule has 0 spiro atoms. The molecule has 8 heteroatoms. The zero-order valence-corrected chi connectivity index (χ0v) is 7.99. The summed E-state index contributed by atoms with van der Waals surface area (Å²) in [6, 6.07) is 0. The minimum atomic E-state index is -0.0103. The summed E-state index contributed by atoms with van der Waals surface area (Å²) < 4.78 is 1.82. The van der Waals surface area contributed by atoms with Crippen LogP contribution in [0.25, 0.3) is 21.6 Å². The molecular formula is C7H8N8. The molecular weight excluding hydrogens is 196 g/mol. The fourth-order valence-electron chi connectivity index (χ4n) is 1.32. The summed E-state index contributed by atoms with van der Waals surface area (Å²) in [5, 5.41) is 3.28. The van der Waals surface area contributed by atoms with E-state index in [1.165, 1.54) is 0 Å². The van der Waals surface area contributed by atoms with Gasteiger partial charge in [0.1, 0.15) is 5.52 Å². The second-order valence-corrected chi connectivity index (χ2v) is 2.80. The molecule has 0 saturated carbocycles. The van der Waals surface area contributed by atoms with Crippen LogP contribution in [0.3, 0.4) is 0 Å². The zero-order chi connectivity index (χ0) is 10.8. The van der Waals surface area contributed by atoms with Crippen LogP contribution in [0.1, 0.15) is 6.92 Å². The summed E-state index contributed by atoms with van der Waals surface area (Å²) in [4.78, 5) is 14.4. The predicted octanol–water partition coefficient (Wildman–Crippen LogP) is 1.37. The number of nitrogens with zero attached hydrogens (tertiary/aromatic N) is 7. The molecule has 2 N–H and O–H groups in total. The number of imidazole rings is 1. The zero-order valence-electron chi connectivity index (χ0n) is 7.99. The number of aromatic nitrogens is 4. The summed E-state index contributed by atoms with van der Waals surface area (Å²) in [5.41, 5.74) is 15.1. The van der Waals surface area contributed by atoms with Crippen molar-refractivity contribution in [2.24, 2.45) is 5.11 Å². The van der Waals surface area contributed by atoms with Gasteiger partial charge in [-0.2, -0.15) is 0 Å². The maximum Gasteiger partial charge on any atom is 0.220 e. The van der Waals surface area contributed by atoms with Gasteiger partial charge in [0, 0.05) is 11.5 Å². The first-order chi connectivity index (χ1) is 7.26. The van der Waals surface area contributed by atoms with Crippen LogP contribution in [0.4, 0.5) is 11.8 Å². The number of azide groups is 1. The first-order valence-electron chi connectivity index (χ1n) is 4.29. The molecule has 0 aliphatic carbocycles. The van der Waals surface area contributed by atoms with Crippen LogP contribution < -0.4 is 5.73 Å². The summed E-state index contributed by atoms with van der Waals surface area (Å²) >= 11 is 0. The fourth-order valence-corrected chi connectivity index (χ4v) is 1.32. The molecule has 0 aromatic carbocycles. The first-order valence-corrected chi connectivity index (χ1v) is 4.29. The average molecular weight is 204 g/mol. The van der Waals surface area contributed by atoms with Crippen molar-refractivity contribution in [3.8, 4) is 0 Å². The summed E-state index contributed by atoms with van der Waals surface area (Å²) in [5.74, 6) is 0.255. The van der Waals surface area contributed by atoms with Crippen molar-refractivity contribution >= 4 is 22.9 Å². The highest BCUT2D eigenvalue weighted by molar-refractivity contribution is 5.82. The molecule has 0 atom stereocenters. The Labute approximate surface area is 84.4 Å². The SMILES string of the molecule is CCn1cnc2nc(N=[N+]=[N-])nc(N)c21. The maximum atomic E-state index is 8.25. The second-order valence-electron chi connectivity index (χ2n) is 2.80. The Morgan fingerprint density at radius 3 is 3.07 bits per heavy atom. The van der Waals surface area contributed by atoms with E-state index >= 15 is 0 Å². The van der Waals surface area contributed by atoms with Crippen molar-refractivity contribution < 1.29 is 0 Å². The number of fused-ring (bicyclic) bond motifs is 1. The number of aryl methyl sites for hydroxylation is 1. The lowest BCUT2D eigenvalue weighted by Gasteiger charge is -2.01. The van der Waals surface area contributed by atoms with Gasteiger partial charge in [-0.25, -0.2) is 15.0 Å². The number of nitrogens with two attached hydrogens (primary N) is 1. The molecule has 15 heavy (non-hydrogen) atoms. The third kappa shape index (κ3) is 1.42. The van der Waals surface area contributed by atoms with Crippen LogP contribution >= 0.6 is 0 Å². The third-order valence-corrected chi connectivity index (χ3v) is 1.96. The van der Waals surface area contributed by atoms with Crippen LogP contribution in [0.2, 0.25) is 0 Å². The van der Waals surface area contributed by atoms with E-state index in [1.54, 1.807) is 6.33 Å². The van der Waals surface area contributed by atoms with E-state index in [0.29, 0.717) is 11.2 Å². The highest BCUT2D eigenvalue weighted by Gasteiger charge is 2.09. The van der Waals surface area contributed by atoms with Gasteiger partial charge in [-0.15, -0.1) is 0 Å². The molecule has 2 rings (SSSR count). The van der Waals surface area contributed by atoms with Crippen molar-refractivity contribution in [2.75, 3.05) is 5.73 Å². The number of rotatable bonds is 2. The molecule has 0 saturated heterocycles. The van der Waals surface area contributed by atoms with Gasteiger partial charge in [-0.05, 0) is 17.6 Å². The Kier molecular flexibility index (Phi) is 2.11. The number of nitrogen functional groups attached to an aromatic ring is 1. The van der Waals surface area contributed by atoms with E-state index < -0.39 is 0 Å². The van der Waals surface area contributed by atoms with Crippen molar-refractivity contribution in [1.82, 2.24) is 19.5 Å². The van der Waals surface area contributed by atoms with Crippen LogP contribution in [0, 0.1) is 0 Å². The monoisotopic (exact) mass is 204 g/mol. The Morgan fingerprint density at radius 2 is 2.40 bits per heavy atom. The molecule has 2 aromatic rings. The van der Waals surface area contributed by atoms with E-state index in [9.17, 15) is 0 Å². The lowest BCUT2D eigenvalue weighted by atomic mass is 10.5. The molecule has 2 aromatic heterocycles. The van der Waals surface area contributed by atoms with Crippen molar-refractivity contribution in [3.05, 3.63) is 16.8 Å². The van der Waals surface area contributed by atoms with Gasteiger partial charge in [-0.3, -0.25) is 0 Å². The van der Waals surface area contributed by atoms with Gasteiger partial charge in [0.15, 0.2) is 11.5 Å². The molecule has 0 radical (unpaired) electrons. The van der Waals surface area contributed by atoms with E-state index in [4.69, 9.17) is 11.3 Å². The fraction of sp³-hybridized carbons (Fsp3) is 0.286. The number of anilines is 1. The van der Waals surface area contributed by atoms with E-state index in [-0.39, 0.29) is 11.8 Å². The molecule has 8 nitrogen and oxygen atoms in total.